The van der Waals surface area contributed by atoms with Gasteiger partial charge < -0.3 is 0 Å². The first-order valence-electron chi connectivity index (χ1n) is 5.76. The Balaban J connectivity index is 0. The maximum absolute atomic E-state index is 2.34. The van der Waals surface area contributed by atoms with Crippen LogP contribution in [0.15, 0.2) is 60.7 Å². The van der Waals surface area contributed by atoms with E-state index in [0.717, 1.165) is 0 Å². The predicted molar refractivity (Wildman–Crippen MR) is 94.4 cm³/mol. The van der Waals surface area contributed by atoms with Crippen LogP contribution in [0.5, 0.6) is 0 Å². The molecule has 2 aromatic carbocycles. The van der Waals surface area contributed by atoms with Crippen molar-refractivity contribution in [2.24, 2.45) is 0 Å². The van der Waals surface area contributed by atoms with E-state index in [0.29, 0.717) is 0 Å². The molecule has 0 heterocycles. The minimum absolute atomic E-state index is 0. The zero-order valence-electron chi connectivity index (χ0n) is 10.4. The second kappa shape index (κ2) is 11.0. The van der Waals surface area contributed by atoms with Crippen molar-refractivity contribution in [2.75, 3.05) is 0 Å². The molecule has 0 saturated carbocycles. The molecule has 2 aromatic rings. The lowest BCUT2D eigenvalue weighted by atomic mass is 10.4. The van der Waals surface area contributed by atoms with Crippen molar-refractivity contribution in [3.05, 3.63) is 60.7 Å². The summed E-state index contributed by atoms with van der Waals surface area (Å²) in [5, 5.41) is 3.01. The molecule has 18 heavy (non-hydrogen) atoms. The number of hydrogen-bond acceptors (Lipinski definition) is 0. The van der Waals surface area contributed by atoms with Crippen molar-refractivity contribution < 1.29 is 0 Å². The first kappa shape index (κ1) is 19.2. The van der Waals surface area contributed by atoms with E-state index in [-0.39, 0.29) is 14.9 Å². The first-order valence-corrected chi connectivity index (χ1v) is 9.65. The summed E-state index contributed by atoms with van der Waals surface area (Å²) in [6.45, 7) is 4.69. The van der Waals surface area contributed by atoms with E-state index < -0.39 is 8.80 Å². The van der Waals surface area contributed by atoms with Crippen molar-refractivity contribution in [1.82, 2.24) is 0 Å². The van der Waals surface area contributed by atoms with Gasteiger partial charge in [-0.2, -0.15) is 0 Å². The molecular weight excluding hydrogens is 248 g/mol. The van der Waals surface area contributed by atoms with Crippen molar-refractivity contribution >= 4 is 29.4 Å². The standard InChI is InChI=1S/C8H12Si.C6H8Si.2CH4/c1-9(2)8-6-4-3-5-7-8;7-6-4-2-1-3-5-6;;/h3-7,9H,1-2H3;1-5H,7H3;2*1H4. The van der Waals surface area contributed by atoms with Crippen LogP contribution in [0.1, 0.15) is 14.9 Å². The third kappa shape index (κ3) is 8.04. The molecule has 0 N–H and O–H groups in total. The molecule has 0 radical (unpaired) electrons. The van der Waals surface area contributed by atoms with Crippen LogP contribution in [-0.2, 0) is 0 Å². The molecule has 0 aliphatic heterocycles. The van der Waals surface area contributed by atoms with Crippen LogP contribution in [0.25, 0.3) is 0 Å². The van der Waals surface area contributed by atoms with E-state index >= 15 is 0 Å². The van der Waals surface area contributed by atoms with Crippen molar-refractivity contribution in [1.29, 1.82) is 0 Å². The Morgan fingerprint density at radius 2 is 1.11 bits per heavy atom. The summed E-state index contributed by atoms with van der Waals surface area (Å²) in [4.78, 5) is 0. The Bertz CT molecular complexity index is 382. The minimum atomic E-state index is -0.529. The molecule has 2 heteroatoms. The monoisotopic (exact) mass is 276 g/mol. The van der Waals surface area contributed by atoms with E-state index in [1.54, 1.807) is 5.19 Å². The first-order chi connectivity index (χ1) is 7.70. The average Bonchev–Trinajstić information content (AvgIpc) is 2.32. The Labute approximate surface area is 118 Å². The zero-order valence-corrected chi connectivity index (χ0v) is 13.5. The fourth-order valence-corrected chi connectivity index (χ4v) is 2.75. The van der Waals surface area contributed by atoms with Crippen molar-refractivity contribution in [3.63, 3.8) is 0 Å². The van der Waals surface area contributed by atoms with Gasteiger partial charge in [-0.25, -0.2) is 0 Å². The second-order valence-corrected chi connectivity index (χ2v) is 8.35. The molecule has 0 saturated heterocycles. The Morgan fingerprint density at radius 3 is 1.33 bits per heavy atom. The van der Waals surface area contributed by atoms with Crippen LogP contribution in [0.3, 0.4) is 0 Å². The molecule has 0 aliphatic carbocycles. The van der Waals surface area contributed by atoms with Crippen LogP contribution in [0.4, 0.5) is 0 Å². The Morgan fingerprint density at radius 1 is 0.722 bits per heavy atom. The topological polar surface area (TPSA) is 0 Å². The minimum Gasteiger partial charge on any atom is -0.0776 e. The van der Waals surface area contributed by atoms with E-state index in [1.165, 1.54) is 15.4 Å². The summed E-state index contributed by atoms with van der Waals surface area (Å²) < 4.78 is 0. The van der Waals surface area contributed by atoms with Gasteiger partial charge in [-0.15, -0.1) is 0 Å². The van der Waals surface area contributed by atoms with Gasteiger partial charge >= 0.3 is 0 Å². The van der Waals surface area contributed by atoms with Gasteiger partial charge in [-0.05, 0) is 0 Å². The van der Waals surface area contributed by atoms with Crippen LogP contribution >= 0.6 is 0 Å². The molecule has 0 aliphatic rings. The predicted octanol–water partition coefficient (Wildman–Crippen LogP) is 2.33. The van der Waals surface area contributed by atoms with Gasteiger partial charge in [0, 0.05) is 10.2 Å². The molecule has 0 aromatic heterocycles. The Kier molecular flexibility index (Phi) is 11.7. The van der Waals surface area contributed by atoms with Crippen LogP contribution < -0.4 is 10.4 Å². The average molecular weight is 277 g/mol. The fourth-order valence-electron chi connectivity index (χ4n) is 1.37. The van der Waals surface area contributed by atoms with Gasteiger partial charge in [0.25, 0.3) is 0 Å². The normalized spacial score (nSPS) is 8.61. The van der Waals surface area contributed by atoms with Gasteiger partial charge in [0.15, 0.2) is 0 Å². The van der Waals surface area contributed by atoms with Gasteiger partial charge in [0.05, 0.1) is 8.80 Å². The SMILES string of the molecule is C.C.C[SiH](C)c1ccccc1.[SiH3]c1ccccc1. The summed E-state index contributed by atoms with van der Waals surface area (Å²) in [5.41, 5.74) is 0. The van der Waals surface area contributed by atoms with Crippen molar-refractivity contribution in [2.45, 2.75) is 27.9 Å². The Hall–Kier alpha value is -1.13. The van der Waals surface area contributed by atoms with Crippen LogP contribution in [0, 0.1) is 0 Å². The second-order valence-electron chi connectivity index (χ2n) is 4.22. The van der Waals surface area contributed by atoms with Crippen LogP contribution in [0.2, 0.25) is 13.1 Å². The number of benzene rings is 2. The smallest absolute Gasteiger partial charge is 0.0647 e. The van der Waals surface area contributed by atoms with Gasteiger partial charge in [0.2, 0.25) is 0 Å². The molecule has 0 nitrogen and oxygen atoms in total. The summed E-state index contributed by atoms with van der Waals surface area (Å²) in [5.74, 6) is 0. The molecule has 2 rings (SSSR count). The van der Waals surface area contributed by atoms with Gasteiger partial charge in [-0.3, -0.25) is 0 Å². The number of rotatable bonds is 1. The molecule has 0 spiro atoms. The molecule has 0 atom stereocenters. The molecule has 100 valence electrons. The lowest BCUT2D eigenvalue weighted by molar-refractivity contribution is 1.74. The summed E-state index contributed by atoms with van der Waals surface area (Å²) in [6.07, 6.45) is 0. The molecule has 0 unspecified atom stereocenters. The summed E-state index contributed by atoms with van der Waals surface area (Å²) in [7, 11) is 0.645. The van der Waals surface area contributed by atoms with E-state index in [2.05, 4.69) is 67.7 Å². The van der Waals surface area contributed by atoms with E-state index in [1.807, 2.05) is 6.07 Å². The molecule has 0 fully saturated rings. The van der Waals surface area contributed by atoms with Gasteiger partial charge in [-0.1, -0.05) is 99.0 Å². The lowest BCUT2D eigenvalue weighted by Gasteiger charge is -1.99. The van der Waals surface area contributed by atoms with Crippen LogP contribution in [-0.4, -0.2) is 19.0 Å². The summed E-state index contributed by atoms with van der Waals surface area (Å²) >= 11 is 0. The highest BCUT2D eigenvalue weighted by atomic mass is 28.3. The lowest BCUT2D eigenvalue weighted by Crippen LogP contribution is -2.21. The highest BCUT2D eigenvalue weighted by molar-refractivity contribution is 6.70. The third-order valence-electron chi connectivity index (χ3n) is 2.41. The largest absolute Gasteiger partial charge is 0.0776 e. The molecule has 0 amide bonds. The highest BCUT2D eigenvalue weighted by Gasteiger charge is 1.95. The van der Waals surface area contributed by atoms with Crippen molar-refractivity contribution in [3.8, 4) is 0 Å². The highest BCUT2D eigenvalue weighted by Crippen LogP contribution is 1.86. The summed E-state index contributed by atoms with van der Waals surface area (Å²) in [6, 6.07) is 21.2. The quantitative estimate of drug-likeness (QED) is 0.701. The third-order valence-corrected chi connectivity index (χ3v) is 4.79. The zero-order chi connectivity index (χ0) is 11.8. The molecule has 0 bridgehead atoms. The maximum Gasteiger partial charge on any atom is 0.0647 e. The van der Waals surface area contributed by atoms with Gasteiger partial charge in [0.1, 0.15) is 0 Å². The molecular formula is C16H28Si2. The van der Waals surface area contributed by atoms with E-state index in [9.17, 15) is 0 Å². The van der Waals surface area contributed by atoms with E-state index in [4.69, 9.17) is 0 Å². The maximum atomic E-state index is 2.34. The fraction of sp³-hybridized carbons (Fsp3) is 0.250. The number of hydrogen-bond donors (Lipinski definition) is 0.